The minimum Gasteiger partial charge on any atom is -0.326 e. The highest BCUT2D eigenvalue weighted by molar-refractivity contribution is 9.10. The number of hydrogen-bond donors (Lipinski definition) is 1. The predicted octanol–water partition coefficient (Wildman–Crippen LogP) is 5.45. The van der Waals surface area contributed by atoms with Crippen molar-refractivity contribution in [2.24, 2.45) is 0 Å². The number of anilines is 1. The van der Waals surface area contributed by atoms with E-state index in [0.29, 0.717) is 0 Å². The van der Waals surface area contributed by atoms with Crippen LogP contribution >= 0.6 is 27.3 Å². The first-order chi connectivity index (χ1) is 13.0. The monoisotopic (exact) mass is 443 g/mol. The van der Waals surface area contributed by atoms with Crippen molar-refractivity contribution in [1.29, 1.82) is 0 Å². The summed E-state index contributed by atoms with van der Waals surface area (Å²) in [5, 5.41) is 4.86. The summed E-state index contributed by atoms with van der Waals surface area (Å²) in [5.74, 6) is -0.367. The third-order valence-corrected chi connectivity index (χ3v) is 5.99. The van der Waals surface area contributed by atoms with Gasteiger partial charge < -0.3 is 5.32 Å². The summed E-state index contributed by atoms with van der Waals surface area (Å²) < 4.78 is 16.0. The van der Waals surface area contributed by atoms with E-state index >= 15 is 0 Å². The van der Waals surface area contributed by atoms with Gasteiger partial charge in [-0.25, -0.2) is 9.37 Å². The van der Waals surface area contributed by atoms with Gasteiger partial charge in [0.1, 0.15) is 5.82 Å². The van der Waals surface area contributed by atoms with Crippen molar-refractivity contribution in [2.45, 2.75) is 13.3 Å². The van der Waals surface area contributed by atoms with Crippen LogP contribution in [0.1, 0.15) is 11.3 Å². The van der Waals surface area contributed by atoms with Crippen LogP contribution in [0, 0.1) is 12.7 Å². The third kappa shape index (κ3) is 3.79. The van der Waals surface area contributed by atoms with Crippen LogP contribution in [0.25, 0.3) is 16.2 Å². The second-order valence-electron chi connectivity index (χ2n) is 6.20. The molecule has 2 aromatic carbocycles. The van der Waals surface area contributed by atoms with Crippen LogP contribution in [0.3, 0.4) is 0 Å². The van der Waals surface area contributed by atoms with Crippen molar-refractivity contribution in [3.63, 3.8) is 0 Å². The van der Waals surface area contributed by atoms with Crippen LogP contribution in [-0.4, -0.2) is 15.3 Å². The number of nitrogens with one attached hydrogen (secondary N) is 1. The number of rotatable bonds is 4. The fraction of sp³-hybridized carbons (Fsp3) is 0.100. The molecule has 1 amide bonds. The molecular formula is C20H15BrFN3OS. The molecule has 0 saturated carbocycles. The molecule has 27 heavy (non-hydrogen) atoms. The molecule has 2 heterocycles. The van der Waals surface area contributed by atoms with E-state index in [1.54, 1.807) is 12.1 Å². The summed E-state index contributed by atoms with van der Waals surface area (Å²) in [4.78, 5) is 17.8. The van der Waals surface area contributed by atoms with Crippen LogP contribution in [-0.2, 0) is 11.2 Å². The van der Waals surface area contributed by atoms with Gasteiger partial charge in [-0.15, -0.1) is 11.3 Å². The first-order valence-corrected chi connectivity index (χ1v) is 9.94. The Bertz CT molecular complexity index is 1130. The maximum atomic E-state index is 13.1. The molecule has 2 aromatic heterocycles. The Kier molecular flexibility index (Phi) is 4.80. The zero-order chi connectivity index (χ0) is 19.0. The van der Waals surface area contributed by atoms with E-state index in [1.807, 2.05) is 41.1 Å². The minimum absolute atomic E-state index is 0.0894. The Morgan fingerprint density at radius 2 is 2.04 bits per heavy atom. The van der Waals surface area contributed by atoms with E-state index in [9.17, 15) is 9.18 Å². The average molecular weight is 444 g/mol. The van der Waals surface area contributed by atoms with Crippen molar-refractivity contribution in [2.75, 3.05) is 5.32 Å². The molecule has 0 atom stereocenters. The lowest BCUT2D eigenvalue weighted by molar-refractivity contribution is -0.115. The zero-order valence-electron chi connectivity index (χ0n) is 14.4. The quantitative estimate of drug-likeness (QED) is 0.455. The van der Waals surface area contributed by atoms with Crippen molar-refractivity contribution >= 4 is 43.8 Å². The van der Waals surface area contributed by atoms with Gasteiger partial charge in [-0.1, -0.05) is 15.9 Å². The maximum absolute atomic E-state index is 13.1. The molecule has 1 N–H and O–H groups in total. The van der Waals surface area contributed by atoms with Crippen LogP contribution in [0.2, 0.25) is 0 Å². The molecule has 4 rings (SSSR count). The van der Waals surface area contributed by atoms with Crippen LogP contribution in [0.5, 0.6) is 0 Å². The van der Waals surface area contributed by atoms with Gasteiger partial charge in [0.05, 0.1) is 12.1 Å². The molecular weight excluding hydrogens is 429 g/mol. The summed E-state index contributed by atoms with van der Waals surface area (Å²) >= 11 is 4.93. The van der Waals surface area contributed by atoms with E-state index in [0.717, 1.165) is 37.6 Å². The van der Waals surface area contributed by atoms with Crippen molar-refractivity contribution in [1.82, 2.24) is 9.38 Å². The maximum Gasteiger partial charge on any atom is 0.230 e. The lowest BCUT2D eigenvalue weighted by Gasteiger charge is -2.07. The SMILES string of the molecule is Cc1cc(NC(=O)Cc2csc3nc(-c4ccc(F)cc4)cn23)ccc1Br. The highest BCUT2D eigenvalue weighted by atomic mass is 79.9. The lowest BCUT2D eigenvalue weighted by Crippen LogP contribution is -2.15. The van der Waals surface area contributed by atoms with Gasteiger partial charge in [0, 0.05) is 33.0 Å². The molecule has 0 aliphatic carbocycles. The molecule has 0 aliphatic rings. The van der Waals surface area contributed by atoms with Crippen molar-refractivity contribution < 1.29 is 9.18 Å². The number of nitrogens with zero attached hydrogens (tertiary/aromatic N) is 2. The van der Waals surface area contributed by atoms with Crippen molar-refractivity contribution in [3.8, 4) is 11.3 Å². The topological polar surface area (TPSA) is 46.4 Å². The van der Waals surface area contributed by atoms with Gasteiger partial charge in [0.25, 0.3) is 0 Å². The number of carbonyl (C=O) groups excluding carboxylic acids is 1. The Morgan fingerprint density at radius 1 is 1.26 bits per heavy atom. The molecule has 0 aliphatic heterocycles. The fourth-order valence-electron chi connectivity index (χ4n) is 2.81. The van der Waals surface area contributed by atoms with Crippen LogP contribution in [0.4, 0.5) is 10.1 Å². The number of benzene rings is 2. The summed E-state index contributed by atoms with van der Waals surface area (Å²) in [6.45, 7) is 1.98. The highest BCUT2D eigenvalue weighted by Crippen LogP contribution is 2.25. The van der Waals surface area contributed by atoms with Gasteiger partial charge in [-0.3, -0.25) is 9.20 Å². The third-order valence-electron chi connectivity index (χ3n) is 4.21. The molecule has 0 bridgehead atoms. The molecule has 4 aromatic rings. The second kappa shape index (κ2) is 7.25. The molecule has 7 heteroatoms. The number of hydrogen-bond acceptors (Lipinski definition) is 3. The number of aryl methyl sites for hydroxylation is 1. The van der Waals surface area contributed by atoms with Gasteiger partial charge in [0.15, 0.2) is 4.96 Å². The number of amides is 1. The Morgan fingerprint density at radius 3 is 2.78 bits per heavy atom. The smallest absolute Gasteiger partial charge is 0.230 e. The van der Waals surface area contributed by atoms with E-state index in [-0.39, 0.29) is 18.1 Å². The standard InChI is InChI=1S/C20H15BrFN3OS/c1-12-8-15(6-7-17(12)21)23-19(26)9-16-11-27-20-24-18(10-25(16)20)13-2-4-14(22)5-3-13/h2-8,10-11H,9H2,1H3,(H,23,26). The Labute approximate surface area is 167 Å². The van der Waals surface area contributed by atoms with E-state index in [1.165, 1.54) is 23.5 Å². The molecule has 0 saturated heterocycles. The Hall–Kier alpha value is -2.51. The van der Waals surface area contributed by atoms with Gasteiger partial charge in [-0.05, 0) is 55.0 Å². The van der Waals surface area contributed by atoms with Gasteiger partial charge in [0.2, 0.25) is 5.91 Å². The highest BCUT2D eigenvalue weighted by Gasteiger charge is 2.13. The summed E-state index contributed by atoms with van der Waals surface area (Å²) in [6, 6.07) is 11.9. The molecule has 0 radical (unpaired) electrons. The molecule has 0 fully saturated rings. The van der Waals surface area contributed by atoms with Gasteiger partial charge >= 0.3 is 0 Å². The largest absolute Gasteiger partial charge is 0.326 e. The van der Waals surface area contributed by atoms with E-state index in [4.69, 9.17) is 0 Å². The molecule has 0 spiro atoms. The van der Waals surface area contributed by atoms with E-state index in [2.05, 4.69) is 26.2 Å². The lowest BCUT2D eigenvalue weighted by atomic mass is 10.2. The number of aromatic nitrogens is 2. The molecule has 4 nitrogen and oxygen atoms in total. The zero-order valence-corrected chi connectivity index (χ0v) is 16.8. The van der Waals surface area contributed by atoms with Crippen LogP contribution < -0.4 is 5.32 Å². The van der Waals surface area contributed by atoms with E-state index < -0.39 is 0 Å². The summed E-state index contributed by atoms with van der Waals surface area (Å²) in [6.07, 6.45) is 2.12. The number of imidazole rings is 1. The molecule has 136 valence electrons. The summed E-state index contributed by atoms with van der Waals surface area (Å²) in [7, 11) is 0. The van der Waals surface area contributed by atoms with Crippen LogP contribution in [0.15, 0.2) is 58.5 Å². The minimum atomic E-state index is -0.277. The first-order valence-electron chi connectivity index (χ1n) is 8.27. The molecule has 0 unspecified atom stereocenters. The average Bonchev–Trinajstić information content (AvgIpc) is 3.21. The number of fused-ring (bicyclic) bond motifs is 1. The number of halogens is 2. The second-order valence-corrected chi connectivity index (χ2v) is 7.89. The van der Waals surface area contributed by atoms with Gasteiger partial charge in [-0.2, -0.15) is 0 Å². The summed E-state index contributed by atoms with van der Waals surface area (Å²) in [5.41, 5.74) is 4.29. The number of carbonyl (C=O) groups is 1. The van der Waals surface area contributed by atoms with Crippen molar-refractivity contribution in [3.05, 3.63) is 75.6 Å². The fourth-order valence-corrected chi connectivity index (χ4v) is 3.93. The number of thiazole rings is 1. The normalized spacial score (nSPS) is 11.1. The predicted molar refractivity (Wildman–Crippen MR) is 110 cm³/mol. The Balaban J connectivity index is 1.54. The first kappa shape index (κ1) is 17.9.